The SMILES string of the molecule is Cc1ccc(C[C@@H]2CC(=O)N(c3ccc(C(=O)[O-])cc3)C2=O)cc1. The van der Waals surface area contributed by atoms with Gasteiger partial charge in [0.2, 0.25) is 11.8 Å². The molecule has 0 radical (unpaired) electrons. The standard InChI is InChI=1S/C19H17NO4/c1-12-2-4-13(5-3-12)10-15-11-17(21)20(18(15)22)16-8-6-14(7-9-16)19(23)24/h2-9,15H,10-11H2,1H3,(H,23,24)/p-1/t15-/m1/s1. The van der Waals surface area contributed by atoms with Gasteiger partial charge in [-0.05, 0) is 36.6 Å². The molecule has 2 amide bonds. The van der Waals surface area contributed by atoms with Crippen molar-refractivity contribution in [1.82, 2.24) is 0 Å². The number of benzene rings is 2. The van der Waals surface area contributed by atoms with Gasteiger partial charge in [0.05, 0.1) is 17.6 Å². The lowest BCUT2D eigenvalue weighted by molar-refractivity contribution is -0.255. The van der Waals surface area contributed by atoms with Crippen molar-refractivity contribution >= 4 is 23.5 Å². The van der Waals surface area contributed by atoms with Crippen LogP contribution in [0.3, 0.4) is 0 Å². The number of carbonyl (C=O) groups excluding carboxylic acids is 3. The lowest BCUT2D eigenvalue weighted by atomic mass is 9.97. The zero-order chi connectivity index (χ0) is 17.3. The molecule has 24 heavy (non-hydrogen) atoms. The topological polar surface area (TPSA) is 77.5 Å². The summed E-state index contributed by atoms with van der Waals surface area (Å²) < 4.78 is 0. The average Bonchev–Trinajstić information content (AvgIpc) is 2.83. The van der Waals surface area contributed by atoms with E-state index < -0.39 is 5.97 Å². The number of carbonyl (C=O) groups is 3. The third-order valence-electron chi connectivity index (χ3n) is 4.20. The van der Waals surface area contributed by atoms with Crippen molar-refractivity contribution < 1.29 is 19.5 Å². The summed E-state index contributed by atoms with van der Waals surface area (Å²) in [6, 6.07) is 13.5. The number of imide groups is 1. The van der Waals surface area contributed by atoms with Gasteiger partial charge < -0.3 is 9.90 Å². The molecule has 1 aliphatic heterocycles. The Hall–Kier alpha value is -2.95. The van der Waals surface area contributed by atoms with E-state index in [-0.39, 0.29) is 29.7 Å². The van der Waals surface area contributed by atoms with Crippen LogP contribution in [0.15, 0.2) is 48.5 Å². The second-order valence-corrected chi connectivity index (χ2v) is 5.99. The van der Waals surface area contributed by atoms with Crippen LogP contribution in [0.25, 0.3) is 0 Å². The molecule has 5 nitrogen and oxygen atoms in total. The van der Waals surface area contributed by atoms with Crippen LogP contribution in [0, 0.1) is 12.8 Å². The van der Waals surface area contributed by atoms with E-state index in [0.717, 1.165) is 16.0 Å². The van der Waals surface area contributed by atoms with Crippen LogP contribution in [0.4, 0.5) is 5.69 Å². The molecule has 1 aliphatic rings. The molecule has 1 saturated heterocycles. The van der Waals surface area contributed by atoms with Gasteiger partial charge in [-0.3, -0.25) is 14.5 Å². The quantitative estimate of drug-likeness (QED) is 0.799. The van der Waals surface area contributed by atoms with Crippen molar-refractivity contribution in [2.24, 2.45) is 5.92 Å². The Morgan fingerprint density at radius 2 is 1.71 bits per heavy atom. The van der Waals surface area contributed by atoms with Crippen molar-refractivity contribution in [3.05, 3.63) is 65.2 Å². The van der Waals surface area contributed by atoms with Crippen LogP contribution >= 0.6 is 0 Å². The van der Waals surface area contributed by atoms with E-state index in [2.05, 4.69) is 0 Å². The maximum atomic E-state index is 12.6. The van der Waals surface area contributed by atoms with E-state index in [4.69, 9.17) is 0 Å². The first-order valence-corrected chi connectivity index (χ1v) is 7.69. The normalized spacial score (nSPS) is 17.4. The summed E-state index contributed by atoms with van der Waals surface area (Å²) >= 11 is 0. The first kappa shape index (κ1) is 15.9. The van der Waals surface area contributed by atoms with E-state index in [9.17, 15) is 19.5 Å². The smallest absolute Gasteiger partial charge is 0.237 e. The fourth-order valence-corrected chi connectivity index (χ4v) is 2.88. The van der Waals surface area contributed by atoms with Crippen LogP contribution < -0.4 is 10.0 Å². The minimum Gasteiger partial charge on any atom is -0.545 e. The Kier molecular flexibility index (Phi) is 4.16. The highest BCUT2D eigenvalue weighted by atomic mass is 16.4. The van der Waals surface area contributed by atoms with Gasteiger partial charge in [-0.25, -0.2) is 0 Å². The molecule has 0 aliphatic carbocycles. The Bertz CT molecular complexity index is 793. The molecule has 2 aromatic carbocycles. The lowest BCUT2D eigenvalue weighted by Crippen LogP contribution is -2.31. The van der Waals surface area contributed by atoms with Crippen molar-refractivity contribution in [3.8, 4) is 0 Å². The number of aryl methyl sites for hydroxylation is 1. The Morgan fingerprint density at radius 3 is 2.29 bits per heavy atom. The summed E-state index contributed by atoms with van der Waals surface area (Å²) in [5, 5.41) is 10.8. The molecule has 0 saturated carbocycles. The number of carboxylic acid groups (broad SMARTS) is 1. The van der Waals surface area contributed by atoms with Crippen molar-refractivity contribution in [1.29, 1.82) is 0 Å². The molecule has 5 heteroatoms. The van der Waals surface area contributed by atoms with Gasteiger partial charge in [-0.2, -0.15) is 0 Å². The van der Waals surface area contributed by atoms with Gasteiger partial charge >= 0.3 is 0 Å². The fraction of sp³-hybridized carbons (Fsp3) is 0.211. The monoisotopic (exact) mass is 322 g/mol. The summed E-state index contributed by atoms with van der Waals surface area (Å²) in [7, 11) is 0. The first-order chi connectivity index (χ1) is 11.5. The van der Waals surface area contributed by atoms with Gasteiger partial charge in [0.15, 0.2) is 0 Å². The highest BCUT2D eigenvalue weighted by Gasteiger charge is 2.39. The zero-order valence-corrected chi connectivity index (χ0v) is 13.2. The van der Waals surface area contributed by atoms with Crippen LogP contribution in [0.5, 0.6) is 0 Å². The molecule has 1 fully saturated rings. The number of carboxylic acids is 1. The molecular weight excluding hydrogens is 306 g/mol. The third-order valence-corrected chi connectivity index (χ3v) is 4.20. The molecule has 1 heterocycles. The molecule has 2 aromatic rings. The minimum atomic E-state index is -1.29. The van der Waals surface area contributed by atoms with Crippen LogP contribution in [0.2, 0.25) is 0 Å². The Labute approximate surface area is 139 Å². The van der Waals surface area contributed by atoms with E-state index in [1.54, 1.807) is 0 Å². The van der Waals surface area contributed by atoms with Gasteiger partial charge in [-0.15, -0.1) is 0 Å². The molecular formula is C19H16NO4-. The maximum Gasteiger partial charge on any atom is 0.237 e. The van der Waals surface area contributed by atoms with Gasteiger partial charge in [0, 0.05) is 6.42 Å². The zero-order valence-electron chi connectivity index (χ0n) is 13.2. The van der Waals surface area contributed by atoms with Crippen molar-refractivity contribution in [3.63, 3.8) is 0 Å². The van der Waals surface area contributed by atoms with E-state index >= 15 is 0 Å². The van der Waals surface area contributed by atoms with E-state index in [1.165, 1.54) is 24.3 Å². The van der Waals surface area contributed by atoms with Crippen LogP contribution in [0.1, 0.15) is 27.9 Å². The summed E-state index contributed by atoms with van der Waals surface area (Å²) in [4.78, 5) is 36.7. The molecule has 122 valence electrons. The largest absolute Gasteiger partial charge is 0.545 e. The van der Waals surface area contributed by atoms with Crippen LogP contribution in [-0.4, -0.2) is 17.8 Å². The second-order valence-electron chi connectivity index (χ2n) is 5.99. The third kappa shape index (κ3) is 3.06. The number of hydrogen-bond donors (Lipinski definition) is 0. The first-order valence-electron chi connectivity index (χ1n) is 7.69. The van der Waals surface area contributed by atoms with E-state index in [0.29, 0.717) is 12.1 Å². The summed E-state index contributed by atoms with van der Waals surface area (Å²) in [6.07, 6.45) is 0.674. The van der Waals surface area contributed by atoms with Gasteiger partial charge in [0.25, 0.3) is 0 Å². The molecule has 0 unspecified atom stereocenters. The molecule has 3 rings (SSSR count). The number of rotatable bonds is 4. The Balaban J connectivity index is 1.78. The van der Waals surface area contributed by atoms with Crippen molar-refractivity contribution in [2.75, 3.05) is 4.90 Å². The number of hydrogen-bond acceptors (Lipinski definition) is 4. The number of amides is 2. The van der Waals surface area contributed by atoms with E-state index in [1.807, 2.05) is 31.2 Å². The second kappa shape index (κ2) is 6.28. The molecule has 1 atom stereocenters. The van der Waals surface area contributed by atoms with Crippen LogP contribution in [-0.2, 0) is 16.0 Å². The maximum absolute atomic E-state index is 12.6. The lowest BCUT2D eigenvalue weighted by Gasteiger charge is -2.16. The molecule has 0 spiro atoms. The summed E-state index contributed by atoms with van der Waals surface area (Å²) in [5.41, 5.74) is 2.55. The molecule has 0 aromatic heterocycles. The predicted molar refractivity (Wildman–Crippen MR) is 86.3 cm³/mol. The Morgan fingerprint density at radius 1 is 1.08 bits per heavy atom. The number of anilines is 1. The fourth-order valence-electron chi connectivity index (χ4n) is 2.88. The van der Waals surface area contributed by atoms with Crippen molar-refractivity contribution in [2.45, 2.75) is 19.8 Å². The molecule has 0 bridgehead atoms. The number of aromatic carboxylic acids is 1. The van der Waals surface area contributed by atoms with Gasteiger partial charge in [-0.1, -0.05) is 42.0 Å². The molecule has 0 N–H and O–H groups in total. The predicted octanol–water partition coefficient (Wildman–Crippen LogP) is 1.48. The number of nitrogens with zero attached hydrogens (tertiary/aromatic N) is 1. The minimum absolute atomic E-state index is 0.00838. The highest BCUT2D eigenvalue weighted by molar-refractivity contribution is 6.21. The average molecular weight is 322 g/mol. The summed E-state index contributed by atoms with van der Waals surface area (Å²) in [6.45, 7) is 1.99. The highest BCUT2D eigenvalue weighted by Crippen LogP contribution is 2.29. The van der Waals surface area contributed by atoms with Gasteiger partial charge in [0.1, 0.15) is 0 Å². The summed E-state index contributed by atoms with van der Waals surface area (Å²) in [5.74, 6) is -2.20.